The molecule has 1 aromatic rings. The van der Waals surface area contributed by atoms with Crippen molar-refractivity contribution in [3.8, 4) is 6.07 Å². The van der Waals surface area contributed by atoms with E-state index in [0.29, 0.717) is 31.3 Å². The molecule has 0 aromatic carbocycles. The second kappa shape index (κ2) is 5.99. The molecule has 110 valence electrons. The predicted octanol–water partition coefficient (Wildman–Crippen LogP) is 1.22. The first kappa shape index (κ1) is 15.1. The molecule has 6 nitrogen and oxygen atoms in total. The summed E-state index contributed by atoms with van der Waals surface area (Å²) in [5, 5.41) is 9.67. The minimum Gasteiger partial charge on any atom is -0.396 e. The number of ether oxygens (including phenoxy) is 1. The van der Waals surface area contributed by atoms with Crippen LogP contribution in [0.15, 0.2) is 4.90 Å². The van der Waals surface area contributed by atoms with Crippen LogP contribution in [0.4, 0.5) is 10.7 Å². The van der Waals surface area contributed by atoms with Gasteiger partial charge in [0, 0.05) is 19.7 Å². The molecule has 1 aliphatic rings. The van der Waals surface area contributed by atoms with E-state index in [1.165, 1.54) is 0 Å². The van der Waals surface area contributed by atoms with Crippen LogP contribution < -0.4 is 10.6 Å². The van der Waals surface area contributed by atoms with E-state index >= 15 is 0 Å². The van der Waals surface area contributed by atoms with Crippen LogP contribution in [0.3, 0.4) is 0 Å². The van der Waals surface area contributed by atoms with Gasteiger partial charge < -0.3 is 15.4 Å². The molecule has 1 aliphatic heterocycles. The van der Waals surface area contributed by atoms with Gasteiger partial charge in [0.05, 0.1) is 18.0 Å². The number of nitrogens with zero attached hydrogens (tertiary/aromatic N) is 2. The molecular weight excluding hydrogens is 298 g/mol. The van der Waals surface area contributed by atoms with Gasteiger partial charge in [-0.1, -0.05) is 6.92 Å². The third-order valence-electron chi connectivity index (χ3n) is 3.18. The zero-order chi connectivity index (χ0) is 14.8. The average Bonchev–Trinajstić information content (AvgIpc) is 2.63. The quantitative estimate of drug-likeness (QED) is 0.901. The minimum absolute atomic E-state index is 0.0316. The largest absolute Gasteiger partial charge is 0.396 e. The highest BCUT2D eigenvalue weighted by atomic mass is 32.2. The Balaban J connectivity index is 2.54. The Bertz CT molecular complexity index is 623. The predicted molar refractivity (Wildman–Crippen MR) is 78.8 cm³/mol. The van der Waals surface area contributed by atoms with Crippen LogP contribution in [0.1, 0.15) is 18.2 Å². The molecule has 0 radical (unpaired) electrons. The molecule has 0 atom stereocenters. The number of sulfone groups is 1. The van der Waals surface area contributed by atoms with Crippen LogP contribution in [0.5, 0.6) is 0 Å². The van der Waals surface area contributed by atoms with Gasteiger partial charge in [-0.2, -0.15) is 5.26 Å². The molecule has 0 unspecified atom stereocenters. The SMILES string of the molecule is CCS(=O)(=O)c1c(N2CCCOCC2)sc(C#N)c1N. The third kappa shape index (κ3) is 2.75. The van der Waals surface area contributed by atoms with E-state index in [4.69, 9.17) is 15.7 Å². The van der Waals surface area contributed by atoms with Crippen molar-refractivity contribution < 1.29 is 13.2 Å². The lowest BCUT2D eigenvalue weighted by Gasteiger charge is -2.21. The molecular formula is C12H17N3O3S2. The number of nitrogen functional groups attached to an aromatic ring is 1. The van der Waals surface area contributed by atoms with Gasteiger partial charge in [-0.15, -0.1) is 11.3 Å². The highest BCUT2D eigenvalue weighted by Crippen LogP contribution is 2.41. The van der Waals surface area contributed by atoms with Gasteiger partial charge in [-0.3, -0.25) is 0 Å². The highest BCUT2D eigenvalue weighted by Gasteiger charge is 2.29. The fourth-order valence-corrected chi connectivity index (χ4v) is 4.76. The second-order valence-corrected chi connectivity index (χ2v) is 7.66. The minimum atomic E-state index is -3.46. The summed E-state index contributed by atoms with van der Waals surface area (Å²) in [6, 6.07) is 1.98. The molecule has 0 aliphatic carbocycles. The number of anilines is 2. The number of hydrogen-bond donors (Lipinski definition) is 1. The average molecular weight is 315 g/mol. The summed E-state index contributed by atoms with van der Waals surface area (Å²) in [7, 11) is -3.46. The van der Waals surface area contributed by atoms with Gasteiger partial charge in [0.1, 0.15) is 20.8 Å². The van der Waals surface area contributed by atoms with Crippen molar-refractivity contribution in [1.82, 2.24) is 0 Å². The van der Waals surface area contributed by atoms with E-state index in [1.807, 2.05) is 11.0 Å². The van der Waals surface area contributed by atoms with Crippen molar-refractivity contribution >= 4 is 31.9 Å². The Morgan fingerprint density at radius 1 is 1.45 bits per heavy atom. The zero-order valence-electron chi connectivity index (χ0n) is 11.3. The summed E-state index contributed by atoms with van der Waals surface area (Å²) < 4.78 is 29.9. The molecule has 1 aromatic heterocycles. The third-order valence-corrected chi connectivity index (χ3v) is 6.28. The molecule has 0 saturated carbocycles. The van der Waals surface area contributed by atoms with Crippen molar-refractivity contribution in [2.24, 2.45) is 0 Å². The summed E-state index contributed by atoms with van der Waals surface area (Å²) >= 11 is 1.15. The number of thiophene rings is 1. The Morgan fingerprint density at radius 2 is 2.20 bits per heavy atom. The van der Waals surface area contributed by atoms with Crippen LogP contribution in [-0.4, -0.2) is 40.5 Å². The Hall–Kier alpha value is -1.30. The van der Waals surface area contributed by atoms with Crippen molar-refractivity contribution in [1.29, 1.82) is 5.26 Å². The Morgan fingerprint density at radius 3 is 2.85 bits per heavy atom. The lowest BCUT2D eigenvalue weighted by atomic mass is 10.3. The summed E-state index contributed by atoms with van der Waals surface area (Å²) in [5.74, 6) is -0.0316. The number of hydrogen-bond acceptors (Lipinski definition) is 7. The second-order valence-electron chi connectivity index (χ2n) is 4.45. The first-order chi connectivity index (χ1) is 9.51. The van der Waals surface area contributed by atoms with Gasteiger partial charge in [-0.25, -0.2) is 8.42 Å². The van der Waals surface area contributed by atoms with Gasteiger partial charge in [0.2, 0.25) is 0 Å². The molecule has 1 saturated heterocycles. The topological polar surface area (TPSA) is 96.4 Å². The number of rotatable bonds is 3. The lowest BCUT2D eigenvalue weighted by Crippen LogP contribution is -2.26. The van der Waals surface area contributed by atoms with Crippen LogP contribution in [0.25, 0.3) is 0 Å². The molecule has 2 rings (SSSR count). The van der Waals surface area contributed by atoms with E-state index in [9.17, 15) is 8.42 Å². The maximum atomic E-state index is 12.3. The van der Waals surface area contributed by atoms with Gasteiger partial charge >= 0.3 is 0 Å². The molecule has 8 heteroatoms. The maximum absolute atomic E-state index is 12.3. The van der Waals surface area contributed by atoms with Gasteiger partial charge in [0.15, 0.2) is 9.84 Å². The van der Waals surface area contributed by atoms with E-state index in [1.54, 1.807) is 6.92 Å². The molecule has 0 spiro atoms. The van der Waals surface area contributed by atoms with Crippen LogP contribution >= 0.6 is 11.3 Å². The van der Waals surface area contributed by atoms with Crippen LogP contribution in [0.2, 0.25) is 0 Å². The smallest absolute Gasteiger partial charge is 0.183 e. The van der Waals surface area contributed by atoms with E-state index in [0.717, 1.165) is 17.8 Å². The Labute approximate surface area is 122 Å². The normalized spacial score (nSPS) is 16.7. The maximum Gasteiger partial charge on any atom is 0.183 e. The summed E-state index contributed by atoms with van der Waals surface area (Å²) in [5.41, 5.74) is 5.96. The van der Waals surface area contributed by atoms with Crippen molar-refractivity contribution in [2.75, 3.05) is 42.7 Å². The van der Waals surface area contributed by atoms with E-state index < -0.39 is 9.84 Å². The molecule has 1 fully saturated rings. The first-order valence-electron chi connectivity index (χ1n) is 6.39. The van der Waals surface area contributed by atoms with Crippen LogP contribution in [0, 0.1) is 11.3 Å². The number of nitriles is 1. The van der Waals surface area contributed by atoms with Gasteiger partial charge in [0.25, 0.3) is 0 Å². The zero-order valence-corrected chi connectivity index (χ0v) is 12.9. The van der Waals surface area contributed by atoms with Crippen molar-refractivity contribution in [3.63, 3.8) is 0 Å². The molecule has 0 bridgehead atoms. The molecule has 0 amide bonds. The van der Waals surface area contributed by atoms with Crippen molar-refractivity contribution in [2.45, 2.75) is 18.2 Å². The van der Waals surface area contributed by atoms with Crippen LogP contribution in [-0.2, 0) is 14.6 Å². The molecule has 20 heavy (non-hydrogen) atoms. The molecule has 2 N–H and O–H groups in total. The van der Waals surface area contributed by atoms with E-state index in [-0.39, 0.29) is 21.2 Å². The summed E-state index contributed by atoms with van der Waals surface area (Å²) in [6.07, 6.45) is 0.825. The van der Waals surface area contributed by atoms with E-state index in [2.05, 4.69) is 0 Å². The standard InChI is InChI=1S/C12H17N3O3S2/c1-2-20(16,17)11-10(14)9(8-13)19-12(11)15-4-3-6-18-7-5-15/h2-7,14H2,1H3. The summed E-state index contributed by atoms with van der Waals surface area (Å²) in [4.78, 5) is 2.33. The fourth-order valence-electron chi connectivity index (χ4n) is 2.10. The number of nitrogens with two attached hydrogens (primary N) is 1. The fraction of sp³-hybridized carbons (Fsp3) is 0.583. The summed E-state index contributed by atoms with van der Waals surface area (Å²) in [6.45, 7) is 4.10. The van der Waals surface area contributed by atoms with Gasteiger partial charge in [-0.05, 0) is 6.42 Å². The monoisotopic (exact) mass is 315 g/mol. The Kier molecular flexibility index (Phi) is 4.52. The molecule has 2 heterocycles. The van der Waals surface area contributed by atoms with Crippen molar-refractivity contribution in [3.05, 3.63) is 4.88 Å². The highest BCUT2D eigenvalue weighted by molar-refractivity contribution is 7.91. The lowest BCUT2D eigenvalue weighted by molar-refractivity contribution is 0.152. The first-order valence-corrected chi connectivity index (χ1v) is 8.86.